The van der Waals surface area contributed by atoms with Gasteiger partial charge in [-0.15, -0.1) is 6.58 Å². The van der Waals surface area contributed by atoms with E-state index in [1.165, 1.54) is 11.1 Å². The number of rotatable bonds is 2. The third-order valence-corrected chi connectivity index (χ3v) is 6.61. The van der Waals surface area contributed by atoms with Gasteiger partial charge in [-0.2, -0.15) is 0 Å². The third kappa shape index (κ3) is 1.97. The van der Waals surface area contributed by atoms with Gasteiger partial charge in [0.25, 0.3) is 0 Å². The highest BCUT2D eigenvalue weighted by molar-refractivity contribution is 5.97. The summed E-state index contributed by atoms with van der Waals surface area (Å²) in [7, 11) is 1.72. The van der Waals surface area contributed by atoms with Crippen LogP contribution in [0.3, 0.4) is 0 Å². The number of fused-ring (bicyclic) bond motifs is 5. The molecule has 23 heavy (non-hydrogen) atoms. The van der Waals surface area contributed by atoms with Crippen LogP contribution in [0.15, 0.2) is 43.0 Å². The van der Waals surface area contributed by atoms with Gasteiger partial charge in [-0.3, -0.25) is 4.79 Å². The van der Waals surface area contributed by atoms with Gasteiger partial charge in [-0.25, -0.2) is 0 Å². The number of benzene rings is 1. The van der Waals surface area contributed by atoms with E-state index in [1.54, 1.807) is 7.11 Å². The van der Waals surface area contributed by atoms with Crippen molar-refractivity contribution in [3.05, 3.63) is 54.1 Å². The first kappa shape index (κ1) is 14.7. The largest absolute Gasteiger partial charge is 0.497 e. The highest BCUT2D eigenvalue weighted by Gasteiger charge is 2.54. The van der Waals surface area contributed by atoms with Crippen molar-refractivity contribution in [1.82, 2.24) is 0 Å². The SMILES string of the molecule is C=C[C@@H]1Cc2cc(OC)ccc2[C@H]2CC[C@]3(C)C(=O)C=C[C@@H]3[C@H]12. The fourth-order valence-corrected chi connectivity index (χ4v) is 5.30. The molecule has 0 amide bonds. The number of carbonyl (C=O) groups excluding carboxylic acids is 1. The van der Waals surface area contributed by atoms with Gasteiger partial charge in [-0.05, 0) is 72.3 Å². The maximum Gasteiger partial charge on any atom is 0.161 e. The summed E-state index contributed by atoms with van der Waals surface area (Å²) in [4.78, 5) is 12.4. The molecule has 2 nitrogen and oxygen atoms in total. The molecule has 0 aliphatic heterocycles. The van der Waals surface area contributed by atoms with Gasteiger partial charge in [0, 0.05) is 5.41 Å². The molecule has 1 saturated carbocycles. The zero-order valence-electron chi connectivity index (χ0n) is 13.9. The fourth-order valence-electron chi connectivity index (χ4n) is 5.30. The molecule has 1 aromatic carbocycles. The Morgan fingerprint density at radius 2 is 2.22 bits per heavy atom. The topological polar surface area (TPSA) is 26.3 Å². The number of hydrogen-bond acceptors (Lipinski definition) is 2. The van der Waals surface area contributed by atoms with E-state index in [0.29, 0.717) is 29.5 Å². The Hall–Kier alpha value is -1.83. The average Bonchev–Trinajstić information content (AvgIpc) is 2.88. The van der Waals surface area contributed by atoms with E-state index in [4.69, 9.17) is 4.74 Å². The minimum absolute atomic E-state index is 0.188. The highest BCUT2D eigenvalue weighted by Crippen LogP contribution is 2.59. The van der Waals surface area contributed by atoms with E-state index in [1.807, 2.05) is 6.08 Å². The van der Waals surface area contributed by atoms with Crippen molar-refractivity contribution in [2.75, 3.05) is 7.11 Å². The maximum atomic E-state index is 12.4. The molecule has 1 fully saturated rings. The normalized spacial score (nSPS) is 37.7. The highest BCUT2D eigenvalue weighted by atomic mass is 16.5. The van der Waals surface area contributed by atoms with Gasteiger partial charge < -0.3 is 4.74 Å². The number of hydrogen-bond donors (Lipinski definition) is 0. The predicted octanol–water partition coefficient (Wildman–Crippen LogP) is 4.31. The van der Waals surface area contributed by atoms with Crippen LogP contribution in [0.4, 0.5) is 0 Å². The van der Waals surface area contributed by atoms with E-state index in [2.05, 4.69) is 43.9 Å². The lowest BCUT2D eigenvalue weighted by atomic mass is 9.52. The van der Waals surface area contributed by atoms with Gasteiger partial charge >= 0.3 is 0 Å². The van der Waals surface area contributed by atoms with Crippen LogP contribution in [0, 0.1) is 23.2 Å². The third-order valence-electron chi connectivity index (χ3n) is 6.61. The van der Waals surface area contributed by atoms with E-state index in [0.717, 1.165) is 25.0 Å². The molecule has 0 saturated heterocycles. The first-order valence-electron chi connectivity index (χ1n) is 8.60. The molecular weight excluding hydrogens is 284 g/mol. The molecule has 0 N–H and O–H groups in total. The lowest BCUT2D eigenvalue weighted by Crippen LogP contribution is -2.46. The number of carbonyl (C=O) groups is 1. The molecule has 4 rings (SSSR count). The first-order chi connectivity index (χ1) is 11.1. The van der Waals surface area contributed by atoms with Crippen LogP contribution in [-0.2, 0) is 11.2 Å². The lowest BCUT2D eigenvalue weighted by molar-refractivity contribution is -0.127. The summed E-state index contributed by atoms with van der Waals surface area (Å²) in [6, 6.07) is 6.51. The number of allylic oxidation sites excluding steroid dienone is 3. The van der Waals surface area contributed by atoms with Crippen molar-refractivity contribution in [1.29, 1.82) is 0 Å². The Labute approximate surface area is 138 Å². The van der Waals surface area contributed by atoms with Crippen molar-refractivity contribution >= 4 is 5.78 Å². The van der Waals surface area contributed by atoms with Crippen molar-refractivity contribution in [3.63, 3.8) is 0 Å². The average molecular weight is 308 g/mol. The predicted molar refractivity (Wildman–Crippen MR) is 91.6 cm³/mol. The van der Waals surface area contributed by atoms with Gasteiger partial charge in [0.2, 0.25) is 0 Å². The second-order valence-corrected chi connectivity index (χ2v) is 7.56. The number of methoxy groups -OCH3 is 1. The number of ether oxygens (including phenoxy) is 1. The number of ketones is 1. The quantitative estimate of drug-likeness (QED) is 0.761. The molecule has 5 atom stereocenters. The fraction of sp³-hybridized carbons (Fsp3) is 0.476. The summed E-state index contributed by atoms with van der Waals surface area (Å²) in [6.45, 7) is 6.27. The lowest BCUT2D eigenvalue weighted by Gasteiger charge is -2.50. The Balaban J connectivity index is 1.79. The summed E-state index contributed by atoms with van der Waals surface area (Å²) >= 11 is 0. The molecule has 2 heteroatoms. The second kappa shape index (κ2) is 5.09. The minimum Gasteiger partial charge on any atom is -0.497 e. The molecular formula is C21H24O2. The van der Waals surface area contributed by atoms with Gasteiger partial charge in [0.05, 0.1) is 7.11 Å². The van der Waals surface area contributed by atoms with Crippen molar-refractivity contribution in [3.8, 4) is 5.75 Å². The summed E-state index contributed by atoms with van der Waals surface area (Å²) < 4.78 is 5.40. The second-order valence-electron chi connectivity index (χ2n) is 7.56. The summed E-state index contributed by atoms with van der Waals surface area (Å²) in [5.74, 6) is 3.06. The molecule has 3 aliphatic rings. The van der Waals surface area contributed by atoms with Crippen LogP contribution in [0.2, 0.25) is 0 Å². The standard InChI is InChI=1S/C21H24O2/c1-4-13-11-14-12-15(23-3)5-6-16(14)17-9-10-21(2)18(20(13)17)7-8-19(21)22/h4-8,12-13,17-18,20H,1,9-11H2,2-3H3/t13-,17-,18-,20-,21+/m1/s1. The zero-order chi connectivity index (χ0) is 16.2. The van der Waals surface area contributed by atoms with Crippen LogP contribution >= 0.6 is 0 Å². The van der Waals surface area contributed by atoms with Crippen LogP contribution in [0.5, 0.6) is 5.75 Å². The molecule has 0 radical (unpaired) electrons. The maximum absolute atomic E-state index is 12.4. The molecule has 1 aromatic rings. The van der Waals surface area contributed by atoms with Crippen LogP contribution in [-0.4, -0.2) is 12.9 Å². The van der Waals surface area contributed by atoms with E-state index in [9.17, 15) is 4.79 Å². The Morgan fingerprint density at radius 1 is 1.39 bits per heavy atom. The van der Waals surface area contributed by atoms with E-state index >= 15 is 0 Å². The zero-order valence-corrected chi connectivity index (χ0v) is 13.9. The van der Waals surface area contributed by atoms with Crippen LogP contribution in [0.1, 0.15) is 36.8 Å². The molecule has 120 valence electrons. The molecule has 0 aromatic heterocycles. The molecule has 0 unspecified atom stereocenters. The van der Waals surface area contributed by atoms with Gasteiger partial charge in [0.15, 0.2) is 5.78 Å². The van der Waals surface area contributed by atoms with E-state index in [-0.39, 0.29) is 5.41 Å². The Morgan fingerprint density at radius 3 is 2.96 bits per heavy atom. The van der Waals surface area contributed by atoms with Gasteiger partial charge in [0.1, 0.15) is 5.75 Å². The minimum atomic E-state index is -0.188. The summed E-state index contributed by atoms with van der Waals surface area (Å²) in [6.07, 6.45) is 9.21. The first-order valence-corrected chi connectivity index (χ1v) is 8.60. The Kier molecular flexibility index (Phi) is 3.26. The van der Waals surface area contributed by atoms with Gasteiger partial charge in [-0.1, -0.05) is 25.1 Å². The molecule has 0 heterocycles. The Bertz CT molecular complexity index is 702. The van der Waals surface area contributed by atoms with Crippen molar-refractivity contribution < 1.29 is 9.53 Å². The molecule has 0 bridgehead atoms. The van der Waals surface area contributed by atoms with Crippen molar-refractivity contribution in [2.45, 2.75) is 32.1 Å². The molecule has 3 aliphatic carbocycles. The molecule has 0 spiro atoms. The summed E-state index contributed by atoms with van der Waals surface area (Å²) in [5.41, 5.74) is 2.67. The van der Waals surface area contributed by atoms with Crippen LogP contribution < -0.4 is 4.74 Å². The van der Waals surface area contributed by atoms with Crippen LogP contribution in [0.25, 0.3) is 0 Å². The van der Waals surface area contributed by atoms with Crippen molar-refractivity contribution in [2.24, 2.45) is 23.2 Å². The van der Waals surface area contributed by atoms with E-state index < -0.39 is 0 Å². The monoisotopic (exact) mass is 308 g/mol. The smallest absolute Gasteiger partial charge is 0.161 e. The summed E-state index contributed by atoms with van der Waals surface area (Å²) in [5, 5.41) is 0.